The summed E-state index contributed by atoms with van der Waals surface area (Å²) in [5.41, 5.74) is -0.762. The Morgan fingerprint density at radius 3 is 1.90 bits per heavy atom. The fraction of sp³-hybridized carbons (Fsp3) is 0.294. The van der Waals surface area contributed by atoms with Gasteiger partial charge in [0.15, 0.2) is 0 Å². The monoisotopic (exact) mass is 438 g/mol. The number of hydrogen-bond donors (Lipinski definition) is 2. The van der Waals surface area contributed by atoms with Crippen molar-refractivity contribution in [1.29, 1.82) is 0 Å². The van der Waals surface area contributed by atoms with Crippen molar-refractivity contribution in [2.24, 2.45) is 0 Å². The molecule has 0 unspecified atom stereocenters. The standard InChI is InChI=1S/C10H12N2O5.C7H6N2O5/c13-9-6-2-1-4-8(9)5-3-7-10(11(14)15)12(16)17;1-4-6(10)3-2-5(8(11)12)7(4)9(13)14/h1-2,4,6,10,13H,3,5,7H2;2-3,10H,1H3. The number of nitro benzene ring substituents is 2. The lowest BCUT2D eigenvalue weighted by Crippen LogP contribution is -2.28. The van der Waals surface area contributed by atoms with Gasteiger partial charge < -0.3 is 10.2 Å². The van der Waals surface area contributed by atoms with Crippen LogP contribution in [0.2, 0.25) is 0 Å². The van der Waals surface area contributed by atoms with Gasteiger partial charge in [0.1, 0.15) is 11.5 Å². The van der Waals surface area contributed by atoms with Crippen molar-refractivity contribution in [3.8, 4) is 11.5 Å². The number of phenols is 2. The van der Waals surface area contributed by atoms with Crippen LogP contribution in [0, 0.1) is 47.4 Å². The molecular weight excluding hydrogens is 420 g/mol. The van der Waals surface area contributed by atoms with Gasteiger partial charge in [0.2, 0.25) is 0 Å². The van der Waals surface area contributed by atoms with Crippen LogP contribution >= 0.6 is 0 Å². The zero-order valence-electron chi connectivity index (χ0n) is 16.1. The maximum Gasteiger partial charge on any atom is 0.450 e. The molecule has 2 aromatic carbocycles. The van der Waals surface area contributed by atoms with Crippen LogP contribution in [0.15, 0.2) is 36.4 Å². The van der Waals surface area contributed by atoms with Crippen molar-refractivity contribution < 1.29 is 29.9 Å². The van der Waals surface area contributed by atoms with E-state index in [1.165, 1.54) is 13.0 Å². The van der Waals surface area contributed by atoms with E-state index in [1.54, 1.807) is 18.2 Å². The highest BCUT2D eigenvalue weighted by Gasteiger charge is 2.31. The summed E-state index contributed by atoms with van der Waals surface area (Å²) in [5, 5.41) is 60.2. The number of hydrogen-bond acceptors (Lipinski definition) is 10. The summed E-state index contributed by atoms with van der Waals surface area (Å²) in [6.45, 7) is 1.25. The number of nitro groups is 4. The summed E-state index contributed by atoms with van der Waals surface area (Å²) < 4.78 is 0. The average Bonchev–Trinajstić information content (AvgIpc) is 2.67. The summed E-state index contributed by atoms with van der Waals surface area (Å²) >= 11 is 0. The van der Waals surface area contributed by atoms with E-state index in [4.69, 9.17) is 5.11 Å². The topological polar surface area (TPSA) is 213 Å². The number of aryl methyl sites for hydroxylation is 1. The van der Waals surface area contributed by atoms with Crippen molar-refractivity contribution in [2.45, 2.75) is 32.4 Å². The van der Waals surface area contributed by atoms with E-state index in [9.17, 15) is 45.6 Å². The van der Waals surface area contributed by atoms with Crippen LogP contribution in [0.1, 0.15) is 24.0 Å². The SMILES string of the molecule is Cc1c(O)ccc([N+](=O)[O-])c1[N+](=O)[O-].O=[N+]([O-])C(CCCc1ccccc1O)[N+](=O)[O-]. The van der Waals surface area contributed by atoms with Crippen molar-refractivity contribution in [1.82, 2.24) is 0 Å². The Hall–Kier alpha value is -4.36. The smallest absolute Gasteiger partial charge is 0.450 e. The normalized spacial score (nSPS) is 10.1. The molecule has 0 aliphatic heterocycles. The van der Waals surface area contributed by atoms with Crippen molar-refractivity contribution >= 4 is 11.4 Å². The van der Waals surface area contributed by atoms with Crippen LogP contribution < -0.4 is 0 Å². The molecule has 14 nitrogen and oxygen atoms in total. The minimum absolute atomic E-state index is 0.103. The molecule has 0 atom stereocenters. The van der Waals surface area contributed by atoms with Gasteiger partial charge in [0.05, 0.1) is 31.7 Å². The molecule has 0 saturated carbocycles. The van der Waals surface area contributed by atoms with Crippen molar-refractivity contribution in [2.75, 3.05) is 0 Å². The van der Waals surface area contributed by atoms with Crippen molar-refractivity contribution in [3.05, 3.63) is 88.0 Å². The zero-order chi connectivity index (χ0) is 23.7. The first kappa shape index (κ1) is 24.7. The van der Waals surface area contributed by atoms with E-state index in [1.807, 2.05) is 0 Å². The summed E-state index contributed by atoms with van der Waals surface area (Å²) in [6, 6.07) is 8.54. The molecule has 2 N–H and O–H groups in total. The van der Waals surface area contributed by atoms with E-state index in [2.05, 4.69) is 0 Å². The van der Waals surface area contributed by atoms with Gasteiger partial charge in [-0.25, -0.2) is 0 Å². The number of aromatic hydroxyl groups is 2. The lowest BCUT2D eigenvalue weighted by Gasteiger charge is -2.04. The minimum Gasteiger partial charge on any atom is -0.508 e. The largest absolute Gasteiger partial charge is 0.508 e. The van der Waals surface area contributed by atoms with Crippen LogP contribution in [0.3, 0.4) is 0 Å². The lowest BCUT2D eigenvalue weighted by molar-refractivity contribution is -0.743. The second-order valence-corrected chi connectivity index (χ2v) is 6.16. The number of rotatable bonds is 8. The van der Waals surface area contributed by atoms with Crippen LogP contribution in [0.4, 0.5) is 11.4 Å². The Kier molecular flexibility index (Phi) is 8.75. The van der Waals surface area contributed by atoms with Gasteiger partial charge in [-0.3, -0.25) is 40.5 Å². The predicted molar refractivity (Wildman–Crippen MR) is 105 cm³/mol. The molecule has 2 aromatic rings. The number of para-hydroxylation sites is 1. The first-order valence-electron chi connectivity index (χ1n) is 8.62. The van der Waals surface area contributed by atoms with E-state index in [0.29, 0.717) is 12.0 Å². The molecule has 0 heterocycles. The number of benzene rings is 2. The maximum atomic E-state index is 10.5. The van der Waals surface area contributed by atoms with Crippen LogP contribution in [0.25, 0.3) is 0 Å². The average molecular weight is 438 g/mol. The summed E-state index contributed by atoms with van der Waals surface area (Å²) in [7, 11) is 0. The molecule has 0 bridgehead atoms. The first-order valence-corrected chi connectivity index (χ1v) is 8.62. The van der Waals surface area contributed by atoms with Gasteiger partial charge in [0, 0.05) is 6.07 Å². The molecule has 0 aromatic heterocycles. The quantitative estimate of drug-likeness (QED) is 0.349. The van der Waals surface area contributed by atoms with Gasteiger partial charge in [-0.2, -0.15) is 0 Å². The van der Waals surface area contributed by atoms with Gasteiger partial charge in [0.25, 0.3) is 0 Å². The first-order chi connectivity index (χ1) is 14.5. The van der Waals surface area contributed by atoms with Gasteiger partial charge in [-0.1, -0.05) is 18.2 Å². The molecule has 0 saturated heterocycles. The van der Waals surface area contributed by atoms with Gasteiger partial charge in [-0.15, -0.1) is 0 Å². The molecule has 14 heteroatoms. The Bertz CT molecular complexity index is 981. The molecular formula is C17H18N4O10. The Morgan fingerprint density at radius 1 is 0.839 bits per heavy atom. The maximum absolute atomic E-state index is 10.5. The van der Waals surface area contributed by atoms with Crippen molar-refractivity contribution in [3.63, 3.8) is 0 Å². The van der Waals surface area contributed by atoms with Crippen LogP contribution in [0.5, 0.6) is 11.5 Å². The third-order valence-electron chi connectivity index (χ3n) is 4.15. The van der Waals surface area contributed by atoms with Crippen LogP contribution in [-0.4, -0.2) is 36.1 Å². The second kappa shape index (κ2) is 11.0. The predicted octanol–water partition coefficient (Wildman–Crippen LogP) is 3.11. The number of nitrogens with zero attached hydrogens (tertiary/aromatic N) is 4. The Morgan fingerprint density at radius 2 is 1.42 bits per heavy atom. The Labute approximate surface area is 174 Å². The minimum atomic E-state index is -1.76. The van der Waals surface area contributed by atoms with Gasteiger partial charge in [-0.05, 0) is 37.5 Å². The molecule has 0 aliphatic carbocycles. The van der Waals surface area contributed by atoms with E-state index >= 15 is 0 Å². The molecule has 0 fully saturated rings. The highest BCUT2D eigenvalue weighted by Crippen LogP contribution is 2.35. The highest BCUT2D eigenvalue weighted by molar-refractivity contribution is 5.61. The number of phenolic OH excluding ortho intramolecular Hbond substituents is 2. The Balaban J connectivity index is 0.000000316. The third-order valence-corrected chi connectivity index (χ3v) is 4.15. The van der Waals surface area contributed by atoms with Crippen LogP contribution in [-0.2, 0) is 6.42 Å². The molecule has 2 rings (SSSR count). The molecule has 0 aliphatic rings. The lowest BCUT2D eigenvalue weighted by atomic mass is 10.1. The molecule has 31 heavy (non-hydrogen) atoms. The van der Waals surface area contributed by atoms with E-state index < -0.39 is 37.2 Å². The molecule has 166 valence electrons. The zero-order valence-corrected chi connectivity index (χ0v) is 16.1. The molecule has 0 spiro atoms. The van der Waals surface area contributed by atoms with E-state index in [0.717, 1.165) is 12.1 Å². The highest BCUT2D eigenvalue weighted by atomic mass is 16.7. The van der Waals surface area contributed by atoms with Gasteiger partial charge >= 0.3 is 17.5 Å². The fourth-order valence-corrected chi connectivity index (χ4v) is 2.54. The van der Waals surface area contributed by atoms with E-state index in [-0.39, 0.29) is 29.9 Å². The third kappa shape index (κ3) is 6.88. The molecule has 0 amide bonds. The summed E-state index contributed by atoms with van der Waals surface area (Å²) in [6.07, 6.45) is -1.25. The fourth-order valence-electron chi connectivity index (χ4n) is 2.54. The molecule has 0 radical (unpaired) electrons. The summed E-state index contributed by atoms with van der Waals surface area (Å²) in [5.74, 6) is -0.228. The summed E-state index contributed by atoms with van der Waals surface area (Å²) in [4.78, 5) is 38.1. The second-order valence-electron chi connectivity index (χ2n) is 6.16.